The first-order valence-electron chi connectivity index (χ1n) is 5.21. The second-order valence-corrected chi connectivity index (χ2v) is 4.61. The van der Waals surface area contributed by atoms with Gasteiger partial charge in [0.15, 0.2) is 5.58 Å². The second kappa shape index (κ2) is 4.14. The van der Waals surface area contributed by atoms with Crippen LogP contribution in [0.2, 0.25) is 0 Å². The number of aromatic nitrogens is 1. The number of oxazole rings is 1. The number of anilines is 1. The summed E-state index contributed by atoms with van der Waals surface area (Å²) >= 11 is 1.49. The molecule has 4 heteroatoms. The van der Waals surface area contributed by atoms with Crippen LogP contribution in [-0.4, -0.2) is 4.98 Å². The van der Waals surface area contributed by atoms with Crippen molar-refractivity contribution in [3.05, 3.63) is 48.5 Å². The zero-order valence-electron chi connectivity index (χ0n) is 8.96. The van der Waals surface area contributed by atoms with Gasteiger partial charge < -0.3 is 10.2 Å². The molecule has 0 amide bonds. The van der Waals surface area contributed by atoms with Gasteiger partial charge in [-0.25, -0.2) is 4.98 Å². The smallest absolute Gasteiger partial charge is 0.261 e. The van der Waals surface area contributed by atoms with Crippen molar-refractivity contribution in [2.75, 3.05) is 5.73 Å². The van der Waals surface area contributed by atoms with E-state index in [4.69, 9.17) is 10.2 Å². The number of fused-ring (bicyclic) bond motifs is 1. The maximum Gasteiger partial charge on any atom is 0.261 e. The van der Waals surface area contributed by atoms with E-state index in [1.165, 1.54) is 11.8 Å². The summed E-state index contributed by atoms with van der Waals surface area (Å²) in [6.45, 7) is 0. The highest BCUT2D eigenvalue weighted by molar-refractivity contribution is 7.99. The van der Waals surface area contributed by atoms with Gasteiger partial charge in [0.25, 0.3) is 5.22 Å². The lowest BCUT2D eigenvalue weighted by Crippen LogP contribution is -1.84. The third-order valence-corrected chi connectivity index (χ3v) is 3.24. The van der Waals surface area contributed by atoms with Gasteiger partial charge in [-0.3, -0.25) is 0 Å². The first-order chi connectivity index (χ1) is 8.33. The Bertz CT molecular complexity index is 649. The van der Waals surface area contributed by atoms with Crippen LogP contribution in [0.25, 0.3) is 11.1 Å². The largest absolute Gasteiger partial charge is 0.431 e. The summed E-state index contributed by atoms with van der Waals surface area (Å²) in [6.07, 6.45) is 0. The predicted octanol–water partition coefficient (Wildman–Crippen LogP) is 3.56. The Hall–Kier alpha value is -1.94. The molecule has 0 unspecified atom stereocenters. The molecular formula is C13H10N2OS. The van der Waals surface area contributed by atoms with Crippen molar-refractivity contribution in [1.29, 1.82) is 0 Å². The number of nitrogens with zero attached hydrogens (tertiary/aromatic N) is 1. The molecule has 0 radical (unpaired) electrons. The number of hydrogen-bond donors (Lipinski definition) is 1. The predicted molar refractivity (Wildman–Crippen MR) is 69.0 cm³/mol. The Morgan fingerprint density at radius 1 is 1.00 bits per heavy atom. The minimum absolute atomic E-state index is 0.615. The molecule has 0 aliphatic carbocycles. The van der Waals surface area contributed by atoms with Gasteiger partial charge >= 0.3 is 0 Å². The van der Waals surface area contributed by atoms with Crippen LogP contribution < -0.4 is 5.73 Å². The summed E-state index contributed by atoms with van der Waals surface area (Å²) in [7, 11) is 0. The lowest BCUT2D eigenvalue weighted by atomic mass is 10.3. The van der Waals surface area contributed by atoms with Gasteiger partial charge in [-0.05, 0) is 36.0 Å². The van der Waals surface area contributed by atoms with Crippen LogP contribution in [0.1, 0.15) is 0 Å². The van der Waals surface area contributed by atoms with Crippen molar-refractivity contribution in [3.63, 3.8) is 0 Å². The fourth-order valence-corrected chi connectivity index (χ4v) is 2.35. The lowest BCUT2D eigenvalue weighted by Gasteiger charge is -1.93. The van der Waals surface area contributed by atoms with Crippen LogP contribution in [0.3, 0.4) is 0 Å². The molecule has 0 aliphatic rings. The van der Waals surface area contributed by atoms with Crippen molar-refractivity contribution in [2.24, 2.45) is 0 Å². The maximum absolute atomic E-state index is 5.83. The Kier molecular flexibility index (Phi) is 2.49. The number of nitrogens with two attached hydrogens (primary N) is 1. The van der Waals surface area contributed by atoms with Gasteiger partial charge in [-0.1, -0.05) is 24.3 Å². The second-order valence-electron chi connectivity index (χ2n) is 3.59. The number of nitrogen functional groups attached to an aromatic ring is 1. The highest BCUT2D eigenvalue weighted by atomic mass is 32.2. The zero-order chi connectivity index (χ0) is 11.7. The first kappa shape index (κ1) is 10.2. The molecule has 1 heterocycles. The Balaban J connectivity index is 1.99. The molecule has 0 bridgehead atoms. The summed E-state index contributed by atoms with van der Waals surface area (Å²) in [5.74, 6) is 0. The molecule has 2 aromatic carbocycles. The van der Waals surface area contributed by atoms with Gasteiger partial charge in [0, 0.05) is 4.90 Å². The average Bonchev–Trinajstić information content (AvgIpc) is 2.74. The highest BCUT2D eigenvalue weighted by Gasteiger charge is 2.08. The van der Waals surface area contributed by atoms with E-state index >= 15 is 0 Å². The Morgan fingerprint density at radius 2 is 1.82 bits per heavy atom. The van der Waals surface area contributed by atoms with E-state index in [1.54, 1.807) is 0 Å². The molecule has 1 aromatic heterocycles. The molecule has 0 atom stereocenters. The summed E-state index contributed by atoms with van der Waals surface area (Å²) < 4.78 is 5.62. The van der Waals surface area contributed by atoms with Gasteiger partial charge in [0.1, 0.15) is 5.52 Å². The van der Waals surface area contributed by atoms with Crippen molar-refractivity contribution < 1.29 is 4.42 Å². The van der Waals surface area contributed by atoms with Crippen LogP contribution >= 0.6 is 11.8 Å². The van der Waals surface area contributed by atoms with E-state index in [-0.39, 0.29) is 0 Å². The lowest BCUT2D eigenvalue weighted by molar-refractivity contribution is 0.489. The molecule has 0 aliphatic heterocycles. The number of para-hydroxylation sites is 1. The molecule has 3 aromatic rings. The highest BCUT2D eigenvalue weighted by Crippen LogP contribution is 2.31. The summed E-state index contributed by atoms with van der Waals surface area (Å²) in [5.41, 5.74) is 7.93. The zero-order valence-corrected chi connectivity index (χ0v) is 9.78. The molecule has 3 nitrogen and oxygen atoms in total. The van der Waals surface area contributed by atoms with E-state index in [0.717, 1.165) is 16.0 Å². The minimum atomic E-state index is 0.615. The number of hydrogen-bond acceptors (Lipinski definition) is 4. The Labute approximate surface area is 103 Å². The molecule has 0 saturated carbocycles. The van der Waals surface area contributed by atoms with Gasteiger partial charge in [-0.2, -0.15) is 0 Å². The molecular weight excluding hydrogens is 232 g/mol. The third-order valence-electron chi connectivity index (χ3n) is 2.38. The first-order valence-corrected chi connectivity index (χ1v) is 6.02. The van der Waals surface area contributed by atoms with Crippen molar-refractivity contribution in [1.82, 2.24) is 4.98 Å². The number of rotatable bonds is 2. The van der Waals surface area contributed by atoms with E-state index < -0.39 is 0 Å². The summed E-state index contributed by atoms with van der Waals surface area (Å²) in [4.78, 5) is 5.47. The molecule has 0 fully saturated rings. The quantitative estimate of drug-likeness (QED) is 0.698. The van der Waals surface area contributed by atoms with Crippen LogP contribution in [0.4, 0.5) is 5.69 Å². The van der Waals surface area contributed by atoms with Gasteiger partial charge in [-0.15, -0.1) is 0 Å². The maximum atomic E-state index is 5.83. The summed E-state index contributed by atoms with van der Waals surface area (Å²) in [6, 6.07) is 15.5. The molecule has 0 spiro atoms. The van der Waals surface area contributed by atoms with Gasteiger partial charge in [0.05, 0.1) is 5.69 Å². The normalized spacial score (nSPS) is 10.8. The van der Waals surface area contributed by atoms with E-state index in [0.29, 0.717) is 10.9 Å². The molecule has 17 heavy (non-hydrogen) atoms. The standard InChI is InChI=1S/C13H10N2OS/c14-10-7-4-8-11-12(10)15-13(16-11)17-9-5-2-1-3-6-9/h1-8H,14H2. The third kappa shape index (κ3) is 1.99. The topological polar surface area (TPSA) is 52.0 Å². The van der Waals surface area contributed by atoms with Crippen molar-refractivity contribution >= 4 is 28.5 Å². The number of benzene rings is 2. The van der Waals surface area contributed by atoms with E-state index in [1.807, 2.05) is 48.5 Å². The van der Waals surface area contributed by atoms with Gasteiger partial charge in [0.2, 0.25) is 0 Å². The van der Waals surface area contributed by atoms with Crippen LogP contribution in [-0.2, 0) is 0 Å². The van der Waals surface area contributed by atoms with Crippen LogP contribution in [0, 0.1) is 0 Å². The monoisotopic (exact) mass is 242 g/mol. The molecule has 0 saturated heterocycles. The SMILES string of the molecule is Nc1cccc2oc(Sc3ccccc3)nc12. The van der Waals surface area contributed by atoms with E-state index in [9.17, 15) is 0 Å². The van der Waals surface area contributed by atoms with Crippen molar-refractivity contribution in [3.8, 4) is 0 Å². The Morgan fingerprint density at radius 3 is 2.59 bits per heavy atom. The molecule has 2 N–H and O–H groups in total. The van der Waals surface area contributed by atoms with Crippen molar-refractivity contribution in [2.45, 2.75) is 10.1 Å². The van der Waals surface area contributed by atoms with Crippen LogP contribution in [0.15, 0.2) is 63.1 Å². The van der Waals surface area contributed by atoms with E-state index in [2.05, 4.69) is 4.98 Å². The minimum Gasteiger partial charge on any atom is -0.431 e. The molecule has 84 valence electrons. The summed E-state index contributed by atoms with van der Waals surface area (Å²) in [5, 5.41) is 0.615. The fraction of sp³-hybridized carbons (Fsp3) is 0. The molecule has 3 rings (SSSR count). The van der Waals surface area contributed by atoms with Crippen LogP contribution in [0.5, 0.6) is 0 Å². The average molecular weight is 242 g/mol. The fourth-order valence-electron chi connectivity index (χ4n) is 1.58.